The summed E-state index contributed by atoms with van der Waals surface area (Å²) < 4.78 is 5.12. The molecule has 0 aliphatic carbocycles. The standard InChI is InChI=1S/C14H22N2O3/c1-9(2)7-10(17)8-16-14(18)13-11(15)5-4-6-12(13)19-3/h4-6,9-10,17H,7-8,15H2,1-3H3,(H,16,18). The van der Waals surface area contributed by atoms with Crippen LogP contribution in [-0.2, 0) is 0 Å². The monoisotopic (exact) mass is 266 g/mol. The van der Waals surface area contributed by atoms with Gasteiger partial charge >= 0.3 is 0 Å². The largest absolute Gasteiger partial charge is 0.496 e. The molecule has 0 saturated heterocycles. The van der Waals surface area contributed by atoms with Gasteiger partial charge in [-0.1, -0.05) is 19.9 Å². The molecule has 1 atom stereocenters. The fourth-order valence-electron chi connectivity index (χ4n) is 1.89. The number of nitrogens with one attached hydrogen (secondary N) is 1. The van der Waals surface area contributed by atoms with Gasteiger partial charge in [-0.25, -0.2) is 0 Å². The number of anilines is 1. The van der Waals surface area contributed by atoms with Crippen LogP contribution in [0, 0.1) is 5.92 Å². The van der Waals surface area contributed by atoms with Gasteiger partial charge in [-0.3, -0.25) is 4.79 Å². The highest BCUT2D eigenvalue weighted by Gasteiger charge is 2.16. The Morgan fingerprint density at radius 2 is 2.16 bits per heavy atom. The van der Waals surface area contributed by atoms with Gasteiger partial charge in [0.25, 0.3) is 5.91 Å². The van der Waals surface area contributed by atoms with Crippen LogP contribution in [0.15, 0.2) is 18.2 Å². The lowest BCUT2D eigenvalue weighted by Gasteiger charge is -2.15. The predicted molar refractivity (Wildman–Crippen MR) is 75.2 cm³/mol. The van der Waals surface area contributed by atoms with E-state index < -0.39 is 6.10 Å². The van der Waals surface area contributed by atoms with Crippen molar-refractivity contribution in [3.8, 4) is 5.75 Å². The smallest absolute Gasteiger partial charge is 0.257 e. The maximum absolute atomic E-state index is 12.1. The molecular formula is C14H22N2O3. The number of methoxy groups -OCH3 is 1. The van der Waals surface area contributed by atoms with Crippen LogP contribution in [0.4, 0.5) is 5.69 Å². The minimum Gasteiger partial charge on any atom is -0.496 e. The number of amides is 1. The van der Waals surface area contributed by atoms with Crippen molar-refractivity contribution in [2.24, 2.45) is 5.92 Å². The van der Waals surface area contributed by atoms with Gasteiger partial charge in [0.2, 0.25) is 0 Å². The van der Waals surface area contributed by atoms with Gasteiger partial charge in [-0.15, -0.1) is 0 Å². The van der Waals surface area contributed by atoms with E-state index in [9.17, 15) is 9.90 Å². The molecule has 1 aromatic rings. The molecule has 0 heterocycles. The summed E-state index contributed by atoms with van der Waals surface area (Å²) in [4.78, 5) is 12.1. The average molecular weight is 266 g/mol. The molecule has 0 bridgehead atoms. The van der Waals surface area contributed by atoms with Gasteiger partial charge in [0.15, 0.2) is 0 Å². The highest BCUT2D eigenvalue weighted by Crippen LogP contribution is 2.23. The first kappa shape index (κ1) is 15.3. The van der Waals surface area contributed by atoms with E-state index >= 15 is 0 Å². The van der Waals surface area contributed by atoms with Gasteiger partial charge in [-0.2, -0.15) is 0 Å². The van der Waals surface area contributed by atoms with E-state index in [-0.39, 0.29) is 12.5 Å². The highest BCUT2D eigenvalue weighted by atomic mass is 16.5. The molecule has 0 radical (unpaired) electrons. The van der Waals surface area contributed by atoms with Crippen molar-refractivity contribution in [2.75, 3.05) is 19.4 Å². The number of rotatable bonds is 6. The second-order valence-corrected chi connectivity index (χ2v) is 4.92. The molecule has 5 heteroatoms. The van der Waals surface area contributed by atoms with E-state index in [1.54, 1.807) is 18.2 Å². The average Bonchev–Trinajstić information content (AvgIpc) is 2.34. The molecule has 0 aliphatic rings. The van der Waals surface area contributed by atoms with Gasteiger partial charge < -0.3 is 20.9 Å². The quantitative estimate of drug-likeness (QED) is 0.680. The highest BCUT2D eigenvalue weighted by molar-refractivity contribution is 6.01. The molecule has 4 N–H and O–H groups in total. The fourth-order valence-corrected chi connectivity index (χ4v) is 1.89. The zero-order chi connectivity index (χ0) is 14.4. The second-order valence-electron chi connectivity index (χ2n) is 4.92. The lowest BCUT2D eigenvalue weighted by atomic mass is 10.1. The number of benzene rings is 1. The molecule has 19 heavy (non-hydrogen) atoms. The Hall–Kier alpha value is -1.75. The van der Waals surface area contributed by atoms with Crippen molar-refractivity contribution in [3.63, 3.8) is 0 Å². The van der Waals surface area contributed by atoms with Crippen molar-refractivity contribution in [2.45, 2.75) is 26.4 Å². The van der Waals surface area contributed by atoms with E-state index in [2.05, 4.69) is 5.32 Å². The first-order chi connectivity index (χ1) is 8.95. The van der Waals surface area contributed by atoms with Crippen LogP contribution in [-0.4, -0.2) is 30.8 Å². The molecule has 1 rings (SSSR count). The van der Waals surface area contributed by atoms with Crippen LogP contribution >= 0.6 is 0 Å². The second kappa shape index (κ2) is 6.99. The summed E-state index contributed by atoms with van der Waals surface area (Å²) in [5, 5.41) is 12.4. The molecule has 0 saturated carbocycles. The predicted octanol–water partition coefficient (Wildman–Crippen LogP) is 1.41. The normalized spacial score (nSPS) is 12.3. The van der Waals surface area contributed by atoms with Gasteiger partial charge in [-0.05, 0) is 24.5 Å². The molecule has 106 valence electrons. The molecule has 0 aliphatic heterocycles. The van der Waals surface area contributed by atoms with E-state index in [0.717, 1.165) is 0 Å². The number of hydrogen-bond donors (Lipinski definition) is 3. The van der Waals surface area contributed by atoms with Gasteiger partial charge in [0.1, 0.15) is 11.3 Å². The number of nitrogen functional groups attached to an aromatic ring is 1. The lowest BCUT2D eigenvalue weighted by molar-refractivity contribution is 0.0898. The van der Waals surface area contributed by atoms with E-state index in [0.29, 0.717) is 29.3 Å². The third-order valence-electron chi connectivity index (χ3n) is 2.75. The van der Waals surface area contributed by atoms with Crippen LogP contribution < -0.4 is 15.8 Å². The zero-order valence-electron chi connectivity index (χ0n) is 11.6. The minimum atomic E-state index is -0.556. The summed E-state index contributed by atoms with van der Waals surface area (Å²) in [5.41, 5.74) is 6.45. The molecule has 0 spiro atoms. The molecule has 1 aromatic carbocycles. The molecule has 1 amide bonds. The van der Waals surface area contributed by atoms with Gasteiger partial charge in [0, 0.05) is 12.2 Å². The Balaban J connectivity index is 2.68. The van der Waals surface area contributed by atoms with Crippen LogP contribution in [0.25, 0.3) is 0 Å². The summed E-state index contributed by atoms with van der Waals surface area (Å²) in [6, 6.07) is 5.04. The molecule has 0 aromatic heterocycles. The van der Waals surface area contributed by atoms with Crippen LogP contribution in [0.2, 0.25) is 0 Å². The Morgan fingerprint density at radius 3 is 2.74 bits per heavy atom. The summed E-state index contributed by atoms with van der Waals surface area (Å²) in [6.07, 6.45) is 0.0849. The number of nitrogens with two attached hydrogens (primary N) is 1. The topological polar surface area (TPSA) is 84.6 Å². The van der Waals surface area contributed by atoms with Crippen molar-refractivity contribution >= 4 is 11.6 Å². The maximum atomic E-state index is 12.1. The zero-order valence-corrected chi connectivity index (χ0v) is 11.6. The Morgan fingerprint density at radius 1 is 1.47 bits per heavy atom. The van der Waals surface area contributed by atoms with E-state index in [4.69, 9.17) is 10.5 Å². The van der Waals surface area contributed by atoms with E-state index in [1.807, 2.05) is 13.8 Å². The summed E-state index contributed by atoms with van der Waals surface area (Å²) >= 11 is 0. The number of aliphatic hydroxyl groups excluding tert-OH is 1. The number of hydrogen-bond acceptors (Lipinski definition) is 4. The number of carbonyl (C=O) groups excluding carboxylic acids is 1. The number of carbonyl (C=O) groups is 1. The molecule has 5 nitrogen and oxygen atoms in total. The number of aliphatic hydroxyl groups is 1. The Kier molecular flexibility index (Phi) is 5.63. The van der Waals surface area contributed by atoms with Crippen molar-refractivity contribution in [1.82, 2.24) is 5.32 Å². The first-order valence-electron chi connectivity index (χ1n) is 6.34. The molecular weight excluding hydrogens is 244 g/mol. The van der Waals surface area contributed by atoms with Crippen molar-refractivity contribution in [1.29, 1.82) is 0 Å². The van der Waals surface area contributed by atoms with Crippen LogP contribution in [0.3, 0.4) is 0 Å². The third kappa shape index (κ3) is 4.44. The van der Waals surface area contributed by atoms with Crippen molar-refractivity contribution in [3.05, 3.63) is 23.8 Å². The summed E-state index contributed by atoms with van der Waals surface area (Å²) in [6.45, 7) is 4.24. The van der Waals surface area contributed by atoms with Crippen LogP contribution in [0.1, 0.15) is 30.6 Å². The van der Waals surface area contributed by atoms with Crippen LogP contribution in [0.5, 0.6) is 5.75 Å². The lowest BCUT2D eigenvalue weighted by Crippen LogP contribution is -2.33. The van der Waals surface area contributed by atoms with Crippen molar-refractivity contribution < 1.29 is 14.6 Å². The molecule has 0 fully saturated rings. The summed E-state index contributed by atoms with van der Waals surface area (Å²) in [7, 11) is 1.49. The molecule has 1 unspecified atom stereocenters. The van der Waals surface area contributed by atoms with Gasteiger partial charge in [0.05, 0.1) is 13.2 Å². The summed E-state index contributed by atoms with van der Waals surface area (Å²) in [5.74, 6) is 0.469. The SMILES string of the molecule is COc1cccc(N)c1C(=O)NCC(O)CC(C)C. The third-order valence-corrected chi connectivity index (χ3v) is 2.75. The Labute approximate surface area is 113 Å². The Bertz CT molecular complexity index is 433. The maximum Gasteiger partial charge on any atom is 0.257 e. The fraction of sp³-hybridized carbons (Fsp3) is 0.500. The minimum absolute atomic E-state index is 0.203. The number of ether oxygens (including phenoxy) is 1. The first-order valence-corrected chi connectivity index (χ1v) is 6.34. The van der Waals surface area contributed by atoms with E-state index in [1.165, 1.54) is 7.11 Å².